The maximum atomic E-state index is 12.0. The molecule has 1 atom stereocenters. The molecule has 2 aliphatic heterocycles. The van der Waals surface area contributed by atoms with Gasteiger partial charge in [0.25, 0.3) is 0 Å². The van der Waals surface area contributed by atoms with E-state index in [2.05, 4.69) is 4.90 Å². The Morgan fingerprint density at radius 2 is 2.05 bits per heavy atom. The van der Waals surface area contributed by atoms with Gasteiger partial charge in [-0.15, -0.1) is 11.8 Å². The number of hydrogen-bond acceptors (Lipinski definition) is 4. The number of amides is 1. The molecule has 20 heavy (non-hydrogen) atoms. The summed E-state index contributed by atoms with van der Waals surface area (Å²) in [4.78, 5) is 16.5. The zero-order valence-electron chi connectivity index (χ0n) is 11.8. The van der Waals surface area contributed by atoms with Crippen LogP contribution >= 0.6 is 11.8 Å². The predicted octanol–water partition coefficient (Wildman–Crippen LogP) is 2.73. The van der Waals surface area contributed by atoms with Crippen LogP contribution in [0.1, 0.15) is 36.8 Å². The molecule has 2 aliphatic rings. The molecule has 3 rings (SSSR count). The quantitative estimate of drug-likeness (QED) is 0.756. The number of rotatable bonds is 6. The smallest absolute Gasteiger partial charge is 0.233 e. The number of hydrogen-bond donors (Lipinski definition) is 0. The number of furan rings is 1. The first-order chi connectivity index (χ1) is 9.84. The summed E-state index contributed by atoms with van der Waals surface area (Å²) in [5.74, 6) is 1.73. The summed E-state index contributed by atoms with van der Waals surface area (Å²) >= 11 is 1.67. The van der Waals surface area contributed by atoms with Gasteiger partial charge in [-0.1, -0.05) is 0 Å². The van der Waals surface area contributed by atoms with E-state index in [0.29, 0.717) is 5.75 Å². The number of carbonyl (C=O) groups excluding carboxylic acids is 1. The van der Waals surface area contributed by atoms with Crippen molar-refractivity contribution >= 4 is 17.7 Å². The van der Waals surface area contributed by atoms with Gasteiger partial charge in [0.15, 0.2) is 0 Å². The van der Waals surface area contributed by atoms with Crippen molar-refractivity contribution in [3.8, 4) is 0 Å². The second kappa shape index (κ2) is 6.68. The van der Waals surface area contributed by atoms with E-state index in [-0.39, 0.29) is 11.3 Å². The summed E-state index contributed by atoms with van der Waals surface area (Å²) in [7, 11) is 0. The van der Waals surface area contributed by atoms with Gasteiger partial charge in [-0.3, -0.25) is 4.79 Å². The monoisotopic (exact) mass is 294 g/mol. The topological polar surface area (TPSA) is 36.7 Å². The minimum absolute atomic E-state index is 0.0873. The summed E-state index contributed by atoms with van der Waals surface area (Å²) in [6.07, 6.45) is 6.65. The van der Waals surface area contributed by atoms with Crippen molar-refractivity contribution in [2.75, 3.05) is 31.9 Å². The van der Waals surface area contributed by atoms with Gasteiger partial charge in [-0.2, -0.15) is 0 Å². The fourth-order valence-electron chi connectivity index (χ4n) is 2.99. The molecule has 4 nitrogen and oxygen atoms in total. The number of nitrogens with zero attached hydrogens (tertiary/aromatic N) is 2. The summed E-state index contributed by atoms with van der Waals surface area (Å²) in [5, 5.41) is 0.0873. The van der Waals surface area contributed by atoms with Crippen molar-refractivity contribution in [2.45, 2.75) is 31.1 Å². The molecule has 1 aromatic rings. The predicted molar refractivity (Wildman–Crippen MR) is 80.5 cm³/mol. The average molecular weight is 294 g/mol. The highest BCUT2D eigenvalue weighted by Gasteiger charge is 2.33. The van der Waals surface area contributed by atoms with Crippen molar-refractivity contribution in [2.24, 2.45) is 0 Å². The van der Waals surface area contributed by atoms with E-state index in [1.54, 1.807) is 18.0 Å². The van der Waals surface area contributed by atoms with Gasteiger partial charge in [-0.25, -0.2) is 0 Å². The third-order valence-corrected chi connectivity index (χ3v) is 5.29. The number of likely N-dealkylation sites (tertiary alicyclic amines) is 1. The Morgan fingerprint density at radius 1 is 1.25 bits per heavy atom. The maximum absolute atomic E-state index is 12.0. The Morgan fingerprint density at radius 3 is 2.80 bits per heavy atom. The van der Waals surface area contributed by atoms with Crippen molar-refractivity contribution in [1.82, 2.24) is 9.80 Å². The molecule has 0 spiro atoms. The zero-order chi connectivity index (χ0) is 13.8. The highest BCUT2D eigenvalue weighted by atomic mass is 32.2. The van der Waals surface area contributed by atoms with E-state index in [9.17, 15) is 4.79 Å². The van der Waals surface area contributed by atoms with Crippen LogP contribution in [0.3, 0.4) is 0 Å². The van der Waals surface area contributed by atoms with Crippen LogP contribution in [0.2, 0.25) is 0 Å². The van der Waals surface area contributed by atoms with E-state index in [4.69, 9.17) is 4.42 Å². The second-order valence-electron chi connectivity index (χ2n) is 5.52. The molecule has 110 valence electrons. The minimum atomic E-state index is 0.0873. The van der Waals surface area contributed by atoms with E-state index in [1.165, 1.54) is 38.9 Å². The largest absolute Gasteiger partial charge is 0.466 e. The van der Waals surface area contributed by atoms with Gasteiger partial charge in [0, 0.05) is 6.54 Å². The summed E-state index contributed by atoms with van der Waals surface area (Å²) < 4.78 is 5.46. The first-order valence-corrected chi connectivity index (χ1v) is 8.56. The van der Waals surface area contributed by atoms with Gasteiger partial charge in [0.1, 0.15) is 11.1 Å². The first kappa shape index (κ1) is 14.0. The fourth-order valence-corrected chi connectivity index (χ4v) is 4.15. The van der Waals surface area contributed by atoms with Crippen molar-refractivity contribution in [3.63, 3.8) is 0 Å². The molecule has 2 fully saturated rings. The van der Waals surface area contributed by atoms with Gasteiger partial charge in [0.05, 0.1) is 12.0 Å². The Hall–Kier alpha value is -0.940. The molecule has 0 radical (unpaired) electrons. The Labute approximate surface area is 124 Å². The summed E-state index contributed by atoms with van der Waals surface area (Å²) in [6.45, 7) is 4.55. The number of unbranched alkanes of at least 4 members (excludes halogenated alkanes) is 1. The molecule has 3 heterocycles. The molecular formula is C15H22N2O2S. The molecule has 2 saturated heterocycles. The number of carbonyl (C=O) groups is 1. The van der Waals surface area contributed by atoms with E-state index in [0.717, 1.165) is 18.7 Å². The summed E-state index contributed by atoms with van der Waals surface area (Å²) in [6, 6.07) is 3.86. The lowest BCUT2D eigenvalue weighted by atomic mass is 10.2. The third kappa shape index (κ3) is 3.20. The molecule has 1 aromatic heterocycles. The van der Waals surface area contributed by atoms with Crippen LogP contribution in [0.25, 0.3) is 0 Å². The molecule has 1 unspecified atom stereocenters. The van der Waals surface area contributed by atoms with Crippen LogP contribution in [-0.4, -0.2) is 47.6 Å². The van der Waals surface area contributed by atoms with Gasteiger partial charge in [0.2, 0.25) is 5.91 Å². The van der Waals surface area contributed by atoms with E-state index < -0.39 is 0 Å². The Balaban J connectivity index is 1.46. The average Bonchev–Trinajstić information content (AvgIpc) is 3.17. The lowest BCUT2D eigenvalue weighted by Gasteiger charge is -2.23. The highest BCUT2D eigenvalue weighted by molar-refractivity contribution is 8.00. The van der Waals surface area contributed by atoms with Gasteiger partial charge in [-0.05, 0) is 57.5 Å². The van der Waals surface area contributed by atoms with E-state index >= 15 is 0 Å². The van der Waals surface area contributed by atoms with Crippen LogP contribution in [0.4, 0.5) is 0 Å². The Kier molecular flexibility index (Phi) is 4.68. The van der Waals surface area contributed by atoms with Crippen LogP contribution < -0.4 is 0 Å². The van der Waals surface area contributed by atoms with Crippen LogP contribution in [-0.2, 0) is 4.79 Å². The SMILES string of the molecule is O=C1CSC(c2ccco2)N1CCCCN1CCCC1. The summed E-state index contributed by atoms with van der Waals surface area (Å²) in [5.41, 5.74) is 0. The lowest BCUT2D eigenvalue weighted by molar-refractivity contribution is -0.128. The minimum Gasteiger partial charge on any atom is -0.466 e. The molecule has 0 N–H and O–H groups in total. The third-order valence-electron chi connectivity index (χ3n) is 4.08. The second-order valence-corrected chi connectivity index (χ2v) is 6.59. The maximum Gasteiger partial charge on any atom is 0.233 e. The molecule has 0 aromatic carbocycles. The lowest BCUT2D eigenvalue weighted by Crippen LogP contribution is -2.30. The molecule has 0 saturated carbocycles. The standard InChI is InChI=1S/C15H22N2O2S/c18-14-12-20-15(13-6-5-11-19-13)17(14)10-4-3-9-16-7-1-2-8-16/h5-6,11,15H,1-4,7-10,12H2. The van der Waals surface area contributed by atoms with E-state index in [1.807, 2.05) is 17.0 Å². The zero-order valence-corrected chi connectivity index (χ0v) is 12.6. The molecule has 1 amide bonds. The van der Waals surface area contributed by atoms with Crippen LogP contribution in [0, 0.1) is 0 Å². The van der Waals surface area contributed by atoms with Gasteiger partial charge >= 0.3 is 0 Å². The van der Waals surface area contributed by atoms with Crippen LogP contribution in [0.15, 0.2) is 22.8 Å². The highest BCUT2D eigenvalue weighted by Crippen LogP contribution is 2.38. The molecular weight excluding hydrogens is 272 g/mol. The van der Waals surface area contributed by atoms with Crippen LogP contribution in [0.5, 0.6) is 0 Å². The normalized spacial score (nSPS) is 23.9. The van der Waals surface area contributed by atoms with Crippen molar-refractivity contribution in [1.29, 1.82) is 0 Å². The van der Waals surface area contributed by atoms with Crippen molar-refractivity contribution < 1.29 is 9.21 Å². The molecule has 0 bridgehead atoms. The number of thioether (sulfide) groups is 1. The van der Waals surface area contributed by atoms with Gasteiger partial charge < -0.3 is 14.2 Å². The van der Waals surface area contributed by atoms with Crippen molar-refractivity contribution in [3.05, 3.63) is 24.2 Å². The Bertz CT molecular complexity index is 429. The fraction of sp³-hybridized carbons (Fsp3) is 0.667. The first-order valence-electron chi connectivity index (χ1n) is 7.51. The molecule has 0 aliphatic carbocycles. The molecule has 5 heteroatoms.